The number of thiophene rings is 1. The van der Waals surface area contributed by atoms with Crippen LogP contribution in [0.3, 0.4) is 0 Å². The lowest BCUT2D eigenvalue weighted by atomic mass is 9.79. The highest BCUT2D eigenvalue weighted by Gasteiger charge is 2.40. The topological polar surface area (TPSA) is 15.6 Å². The van der Waals surface area contributed by atoms with Crippen molar-refractivity contribution in [3.63, 3.8) is 0 Å². The van der Waals surface area contributed by atoms with Gasteiger partial charge in [-0.05, 0) is 29.9 Å². The van der Waals surface area contributed by atoms with Gasteiger partial charge in [-0.1, -0.05) is 30.3 Å². The van der Waals surface area contributed by atoms with Crippen LogP contribution in [0.15, 0.2) is 46.9 Å². The fourth-order valence-electron chi connectivity index (χ4n) is 3.41. The molecule has 0 amide bonds. The Labute approximate surface area is 117 Å². The minimum atomic E-state index is 0.434. The molecule has 1 aliphatic carbocycles. The van der Waals surface area contributed by atoms with Crippen molar-refractivity contribution in [2.75, 3.05) is 7.05 Å². The molecule has 4 rings (SSSR count). The number of aryl methyl sites for hydroxylation is 1. The minimum Gasteiger partial charge on any atom is -0.291 e. The van der Waals surface area contributed by atoms with E-state index in [-0.39, 0.29) is 0 Å². The number of benzene rings is 1. The Hall–Kier alpha value is -1.61. The zero-order chi connectivity index (χ0) is 12.8. The first-order chi connectivity index (χ1) is 9.34. The van der Waals surface area contributed by atoms with Crippen molar-refractivity contribution in [3.05, 3.63) is 57.8 Å². The fraction of sp³-hybridized carbons (Fsp3) is 0.312. The van der Waals surface area contributed by atoms with E-state index < -0.39 is 0 Å². The Balaban J connectivity index is 1.78. The van der Waals surface area contributed by atoms with E-state index in [9.17, 15) is 0 Å². The summed E-state index contributed by atoms with van der Waals surface area (Å²) in [6.45, 7) is 0. The van der Waals surface area contributed by atoms with Gasteiger partial charge in [-0.3, -0.25) is 5.01 Å². The lowest BCUT2D eigenvalue weighted by Gasteiger charge is -2.27. The van der Waals surface area contributed by atoms with Gasteiger partial charge in [0.2, 0.25) is 0 Å². The van der Waals surface area contributed by atoms with Gasteiger partial charge in [-0.2, -0.15) is 5.10 Å². The van der Waals surface area contributed by atoms with Crippen LogP contribution in [-0.4, -0.2) is 17.8 Å². The average molecular weight is 268 g/mol. The summed E-state index contributed by atoms with van der Waals surface area (Å²) >= 11 is 1.85. The van der Waals surface area contributed by atoms with E-state index in [1.54, 1.807) is 0 Å². The zero-order valence-electron chi connectivity index (χ0n) is 10.9. The molecule has 0 saturated heterocycles. The molecule has 2 aromatic rings. The molecule has 0 saturated carbocycles. The summed E-state index contributed by atoms with van der Waals surface area (Å²) in [4.78, 5) is 1.44. The molecule has 1 aliphatic heterocycles. The number of fused-ring (bicyclic) bond motifs is 3. The molecular weight excluding hydrogens is 252 g/mol. The molecule has 96 valence electrons. The Kier molecular flexibility index (Phi) is 2.49. The molecule has 2 atom stereocenters. The first-order valence-corrected chi connectivity index (χ1v) is 7.65. The van der Waals surface area contributed by atoms with Crippen LogP contribution in [0, 0.1) is 5.92 Å². The van der Waals surface area contributed by atoms with E-state index in [4.69, 9.17) is 5.10 Å². The van der Waals surface area contributed by atoms with E-state index in [1.165, 1.54) is 34.6 Å². The maximum atomic E-state index is 4.85. The maximum absolute atomic E-state index is 4.85. The predicted molar refractivity (Wildman–Crippen MR) is 79.6 cm³/mol. The SMILES string of the molecule is CN1N=C2c3ccccc3CCC2C1c1cccs1. The molecule has 0 radical (unpaired) electrons. The smallest absolute Gasteiger partial charge is 0.0893 e. The molecule has 2 nitrogen and oxygen atoms in total. The molecule has 0 fully saturated rings. The summed E-state index contributed by atoms with van der Waals surface area (Å²) in [6.07, 6.45) is 2.39. The van der Waals surface area contributed by atoms with Crippen molar-refractivity contribution in [3.8, 4) is 0 Å². The van der Waals surface area contributed by atoms with Gasteiger partial charge in [0, 0.05) is 23.4 Å². The van der Waals surface area contributed by atoms with Crippen LogP contribution in [0.4, 0.5) is 0 Å². The van der Waals surface area contributed by atoms with Gasteiger partial charge in [0.15, 0.2) is 0 Å². The largest absolute Gasteiger partial charge is 0.291 e. The minimum absolute atomic E-state index is 0.434. The van der Waals surface area contributed by atoms with Crippen LogP contribution < -0.4 is 0 Å². The highest BCUT2D eigenvalue weighted by Crippen LogP contribution is 2.43. The Bertz CT molecular complexity index is 630. The Morgan fingerprint density at radius 2 is 2.11 bits per heavy atom. The monoisotopic (exact) mass is 268 g/mol. The van der Waals surface area contributed by atoms with Crippen LogP contribution in [0.1, 0.15) is 28.5 Å². The van der Waals surface area contributed by atoms with Crippen LogP contribution in [0.25, 0.3) is 0 Å². The van der Waals surface area contributed by atoms with Crippen molar-refractivity contribution in [1.82, 2.24) is 5.01 Å². The second kappa shape index (κ2) is 4.20. The quantitative estimate of drug-likeness (QED) is 0.770. The number of hydrogen-bond donors (Lipinski definition) is 0. The Morgan fingerprint density at radius 3 is 2.95 bits per heavy atom. The van der Waals surface area contributed by atoms with Gasteiger partial charge in [0.1, 0.15) is 0 Å². The molecule has 3 heteroatoms. The van der Waals surface area contributed by atoms with Crippen LogP contribution in [0.5, 0.6) is 0 Å². The van der Waals surface area contributed by atoms with E-state index >= 15 is 0 Å². The first-order valence-electron chi connectivity index (χ1n) is 6.77. The van der Waals surface area contributed by atoms with Gasteiger partial charge in [0.05, 0.1) is 11.8 Å². The highest BCUT2D eigenvalue weighted by atomic mass is 32.1. The van der Waals surface area contributed by atoms with Gasteiger partial charge in [-0.25, -0.2) is 0 Å². The third kappa shape index (κ3) is 1.65. The van der Waals surface area contributed by atoms with E-state index in [0.29, 0.717) is 12.0 Å². The molecule has 1 aromatic carbocycles. The third-order valence-electron chi connectivity index (χ3n) is 4.25. The second-order valence-corrected chi connectivity index (χ2v) is 6.30. The maximum Gasteiger partial charge on any atom is 0.0893 e. The molecule has 1 aromatic heterocycles. The van der Waals surface area contributed by atoms with Gasteiger partial charge < -0.3 is 0 Å². The summed E-state index contributed by atoms with van der Waals surface area (Å²) < 4.78 is 0. The molecule has 0 spiro atoms. The van der Waals surface area contributed by atoms with Crippen LogP contribution in [0.2, 0.25) is 0 Å². The van der Waals surface area contributed by atoms with Crippen LogP contribution >= 0.6 is 11.3 Å². The predicted octanol–water partition coefficient (Wildman–Crippen LogP) is 3.70. The normalized spacial score (nSPS) is 24.9. The van der Waals surface area contributed by atoms with Crippen molar-refractivity contribution in [1.29, 1.82) is 0 Å². The molecule has 19 heavy (non-hydrogen) atoms. The summed E-state index contributed by atoms with van der Waals surface area (Å²) in [7, 11) is 2.11. The summed E-state index contributed by atoms with van der Waals surface area (Å²) in [5, 5.41) is 9.17. The summed E-state index contributed by atoms with van der Waals surface area (Å²) in [5.74, 6) is 0.554. The van der Waals surface area contributed by atoms with Crippen molar-refractivity contribution in [2.45, 2.75) is 18.9 Å². The molecule has 2 aliphatic rings. The average Bonchev–Trinajstić information content (AvgIpc) is 3.04. The summed E-state index contributed by atoms with van der Waals surface area (Å²) in [5.41, 5.74) is 4.12. The Morgan fingerprint density at radius 1 is 1.21 bits per heavy atom. The van der Waals surface area contributed by atoms with Gasteiger partial charge in [-0.15, -0.1) is 11.3 Å². The number of rotatable bonds is 1. The lowest BCUT2D eigenvalue weighted by molar-refractivity contribution is 0.247. The number of nitrogens with zero attached hydrogens (tertiary/aromatic N) is 2. The van der Waals surface area contributed by atoms with E-state index in [2.05, 4.69) is 53.8 Å². The molecule has 0 N–H and O–H groups in total. The zero-order valence-corrected chi connectivity index (χ0v) is 11.7. The van der Waals surface area contributed by atoms with Gasteiger partial charge in [0.25, 0.3) is 0 Å². The van der Waals surface area contributed by atoms with Crippen LogP contribution in [-0.2, 0) is 6.42 Å². The van der Waals surface area contributed by atoms with Crippen molar-refractivity contribution in [2.24, 2.45) is 11.0 Å². The molecule has 2 heterocycles. The fourth-order valence-corrected chi connectivity index (χ4v) is 4.33. The number of hydrazone groups is 1. The summed E-state index contributed by atoms with van der Waals surface area (Å²) in [6, 6.07) is 13.5. The first kappa shape index (κ1) is 11.2. The second-order valence-electron chi connectivity index (χ2n) is 5.32. The molecular formula is C16H16N2S. The van der Waals surface area contributed by atoms with E-state index in [1.807, 2.05) is 11.3 Å². The standard InChI is InChI=1S/C16H16N2S/c1-18-16(14-7-4-10-19-14)13-9-8-11-5-2-3-6-12(11)15(13)17-18/h2-7,10,13,16H,8-9H2,1H3. The molecule has 0 bridgehead atoms. The number of hydrogen-bond acceptors (Lipinski definition) is 3. The van der Waals surface area contributed by atoms with Crippen molar-refractivity contribution >= 4 is 17.0 Å². The molecule has 2 unspecified atom stereocenters. The van der Waals surface area contributed by atoms with E-state index in [0.717, 1.165) is 0 Å². The van der Waals surface area contributed by atoms with Crippen molar-refractivity contribution < 1.29 is 0 Å². The third-order valence-corrected chi connectivity index (χ3v) is 5.20. The highest BCUT2D eigenvalue weighted by molar-refractivity contribution is 7.10. The lowest BCUT2D eigenvalue weighted by Crippen LogP contribution is -2.26. The van der Waals surface area contributed by atoms with Gasteiger partial charge >= 0.3 is 0 Å².